The molecule has 17 heavy (non-hydrogen) atoms. The molecule has 1 rings (SSSR count). The van der Waals surface area contributed by atoms with Crippen molar-refractivity contribution in [3.63, 3.8) is 0 Å². The Balaban J connectivity index is 2.57. The smallest absolute Gasteiger partial charge is 0.327 e. The van der Waals surface area contributed by atoms with Crippen LogP contribution in [0.1, 0.15) is 17.5 Å². The van der Waals surface area contributed by atoms with Crippen molar-refractivity contribution >= 4 is 35.0 Å². The van der Waals surface area contributed by atoms with E-state index in [2.05, 4.69) is 10.3 Å². The van der Waals surface area contributed by atoms with Gasteiger partial charge >= 0.3 is 5.97 Å². The lowest BCUT2D eigenvalue weighted by atomic mass is 10.3. The van der Waals surface area contributed by atoms with Crippen LogP contribution in [0, 0.1) is 13.8 Å². The van der Waals surface area contributed by atoms with Crippen molar-refractivity contribution < 1.29 is 14.7 Å². The van der Waals surface area contributed by atoms with Gasteiger partial charge in [-0.15, -0.1) is 11.3 Å². The average molecular weight is 274 g/mol. The summed E-state index contributed by atoms with van der Waals surface area (Å²) >= 11 is 2.88. The topological polar surface area (TPSA) is 79.3 Å². The summed E-state index contributed by atoms with van der Waals surface area (Å²) in [4.78, 5) is 27.1. The normalized spacial score (nSPS) is 12.2. The van der Waals surface area contributed by atoms with Crippen molar-refractivity contribution in [2.24, 2.45) is 0 Å². The zero-order valence-corrected chi connectivity index (χ0v) is 11.4. The number of carboxylic acid groups (broad SMARTS) is 1. The van der Waals surface area contributed by atoms with Gasteiger partial charge in [-0.1, -0.05) is 11.8 Å². The van der Waals surface area contributed by atoms with E-state index in [1.54, 1.807) is 0 Å². The molecule has 5 nitrogen and oxygen atoms in total. The molecule has 0 aliphatic rings. The number of hydrogen-bond acceptors (Lipinski definition) is 5. The van der Waals surface area contributed by atoms with E-state index in [-0.39, 0.29) is 11.7 Å². The highest BCUT2D eigenvalue weighted by atomic mass is 32.2. The summed E-state index contributed by atoms with van der Waals surface area (Å²) in [5.74, 6) is -1.09. The molecule has 1 heterocycles. The fraction of sp³-hybridized carbons (Fsp3) is 0.500. The monoisotopic (exact) mass is 274 g/mol. The first kappa shape index (κ1) is 14.0. The summed E-state index contributed by atoms with van der Waals surface area (Å²) in [5.41, 5.74) is 0.962. The molecule has 0 fully saturated rings. The van der Waals surface area contributed by atoms with Gasteiger partial charge in [-0.05, 0) is 13.8 Å². The molecule has 0 unspecified atom stereocenters. The predicted molar refractivity (Wildman–Crippen MR) is 67.6 cm³/mol. The van der Waals surface area contributed by atoms with Crippen molar-refractivity contribution in [2.45, 2.75) is 31.2 Å². The number of carbonyl (C=O) groups is 2. The molecular formula is C10H14N2O3S2. The molecule has 1 aromatic rings. The predicted octanol–water partition coefficient (Wildman–Crippen LogP) is 1.44. The molecule has 0 radical (unpaired) electrons. The van der Waals surface area contributed by atoms with Crippen LogP contribution in [0.25, 0.3) is 0 Å². The number of aliphatic carboxylic acids is 1. The summed E-state index contributed by atoms with van der Waals surface area (Å²) in [6.07, 6.45) is 0. The SMILES string of the molecule is CC(=O)N[C@@H](CSc1nc(C)c(C)s1)C(=O)O. The maximum absolute atomic E-state index is 10.9. The van der Waals surface area contributed by atoms with Crippen molar-refractivity contribution in [3.05, 3.63) is 10.6 Å². The largest absolute Gasteiger partial charge is 0.480 e. The summed E-state index contributed by atoms with van der Waals surface area (Å²) in [5, 5.41) is 11.3. The third-order valence-electron chi connectivity index (χ3n) is 2.06. The van der Waals surface area contributed by atoms with Crippen LogP contribution in [0.3, 0.4) is 0 Å². The highest BCUT2D eigenvalue weighted by Gasteiger charge is 2.19. The number of aryl methyl sites for hydroxylation is 2. The second-order valence-electron chi connectivity index (χ2n) is 3.52. The van der Waals surface area contributed by atoms with Crippen LogP contribution in [0.2, 0.25) is 0 Å². The molecular weight excluding hydrogens is 260 g/mol. The van der Waals surface area contributed by atoms with Gasteiger partial charge in [-0.25, -0.2) is 9.78 Å². The van der Waals surface area contributed by atoms with Gasteiger partial charge in [-0.3, -0.25) is 4.79 Å². The van der Waals surface area contributed by atoms with Crippen LogP contribution < -0.4 is 5.32 Å². The molecule has 94 valence electrons. The van der Waals surface area contributed by atoms with Gasteiger partial charge in [0.1, 0.15) is 10.4 Å². The Morgan fingerprint density at radius 1 is 1.53 bits per heavy atom. The van der Waals surface area contributed by atoms with Gasteiger partial charge in [0, 0.05) is 17.6 Å². The Bertz CT molecular complexity index is 412. The highest BCUT2D eigenvalue weighted by molar-refractivity contribution is 8.01. The van der Waals surface area contributed by atoms with Gasteiger partial charge in [0.25, 0.3) is 0 Å². The van der Waals surface area contributed by atoms with Crippen molar-refractivity contribution in [1.82, 2.24) is 10.3 Å². The van der Waals surface area contributed by atoms with Crippen LogP contribution in [0.15, 0.2) is 4.34 Å². The van der Waals surface area contributed by atoms with E-state index < -0.39 is 12.0 Å². The molecule has 7 heteroatoms. The second kappa shape index (κ2) is 6.02. The standard InChI is InChI=1S/C10H14N2O3S2/c1-5-6(2)17-10(11-5)16-4-8(9(14)15)12-7(3)13/h8H,4H2,1-3H3,(H,12,13)(H,14,15)/t8-/m0/s1. The molecule has 0 saturated carbocycles. The van der Waals surface area contributed by atoms with E-state index in [4.69, 9.17) is 5.11 Å². The van der Waals surface area contributed by atoms with E-state index >= 15 is 0 Å². The fourth-order valence-electron chi connectivity index (χ4n) is 1.08. The molecule has 2 N–H and O–H groups in total. The van der Waals surface area contributed by atoms with Gasteiger partial charge in [-0.2, -0.15) is 0 Å². The Morgan fingerprint density at radius 2 is 2.18 bits per heavy atom. The first-order valence-electron chi connectivity index (χ1n) is 4.97. The summed E-state index contributed by atoms with van der Waals surface area (Å²) < 4.78 is 0.830. The van der Waals surface area contributed by atoms with Crippen LogP contribution in [0.4, 0.5) is 0 Å². The number of hydrogen-bond donors (Lipinski definition) is 2. The van der Waals surface area contributed by atoms with Crippen LogP contribution in [-0.4, -0.2) is 33.8 Å². The van der Waals surface area contributed by atoms with E-state index in [0.29, 0.717) is 0 Å². The third-order valence-corrected chi connectivity index (χ3v) is 4.37. The van der Waals surface area contributed by atoms with Crippen LogP contribution in [0.5, 0.6) is 0 Å². The number of amides is 1. The number of nitrogens with zero attached hydrogens (tertiary/aromatic N) is 1. The minimum Gasteiger partial charge on any atom is -0.480 e. The maximum atomic E-state index is 10.9. The quantitative estimate of drug-likeness (QED) is 0.794. The lowest BCUT2D eigenvalue weighted by Gasteiger charge is -2.11. The Morgan fingerprint density at radius 3 is 2.59 bits per heavy atom. The molecule has 0 saturated heterocycles. The molecule has 0 aliphatic heterocycles. The Labute approximate surface area is 108 Å². The number of thiazole rings is 1. The maximum Gasteiger partial charge on any atom is 0.327 e. The van der Waals surface area contributed by atoms with E-state index in [1.165, 1.54) is 30.0 Å². The first-order chi connectivity index (χ1) is 7.90. The lowest BCUT2D eigenvalue weighted by Crippen LogP contribution is -2.41. The number of rotatable bonds is 5. The van der Waals surface area contributed by atoms with E-state index in [0.717, 1.165) is 14.9 Å². The van der Waals surface area contributed by atoms with Gasteiger partial charge in [0.05, 0.1) is 5.69 Å². The highest BCUT2D eigenvalue weighted by Crippen LogP contribution is 2.26. The van der Waals surface area contributed by atoms with Crippen molar-refractivity contribution in [1.29, 1.82) is 0 Å². The summed E-state index contributed by atoms with van der Waals surface area (Å²) in [6, 6.07) is -0.873. The van der Waals surface area contributed by atoms with E-state index in [1.807, 2.05) is 13.8 Å². The summed E-state index contributed by atoms with van der Waals surface area (Å²) in [7, 11) is 0. The molecule has 0 aliphatic carbocycles. The number of thioether (sulfide) groups is 1. The number of carboxylic acids is 1. The second-order valence-corrected chi connectivity index (χ2v) is 5.99. The summed E-state index contributed by atoms with van der Waals surface area (Å²) in [6.45, 7) is 5.19. The molecule has 0 spiro atoms. The Hall–Kier alpha value is -1.08. The van der Waals surface area contributed by atoms with Crippen LogP contribution in [-0.2, 0) is 9.59 Å². The lowest BCUT2D eigenvalue weighted by molar-refractivity contribution is -0.140. The number of carbonyl (C=O) groups excluding carboxylic acids is 1. The minimum atomic E-state index is -1.03. The van der Waals surface area contributed by atoms with Crippen molar-refractivity contribution in [3.8, 4) is 0 Å². The van der Waals surface area contributed by atoms with Crippen molar-refractivity contribution in [2.75, 3.05) is 5.75 Å². The van der Waals surface area contributed by atoms with Gasteiger partial charge in [0.15, 0.2) is 0 Å². The molecule has 1 amide bonds. The number of aromatic nitrogens is 1. The Kier molecular flexibility index (Phi) is 4.95. The molecule has 1 atom stereocenters. The average Bonchev–Trinajstić information content (AvgIpc) is 2.52. The fourth-order valence-corrected chi connectivity index (χ4v) is 3.27. The van der Waals surface area contributed by atoms with Gasteiger partial charge in [0.2, 0.25) is 5.91 Å². The molecule has 0 bridgehead atoms. The zero-order valence-electron chi connectivity index (χ0n) is 9.81. The first-order valence-corrected chi connectivity index (χ1v) is 6.77. The zero-order chi connectivity index (χ0) is 13.0. The van der Waals surface area contributed by atoms with Gasteiger partial charge < -0.3 is 10.4 Å². The van der Waals surface area contributed by atoms with E-state index in [9.17, 15) is 9.59 Å². The molecule has 0 aromatic carbocycles. The third kappa shape index (κ3) is 4.35. The minimum absolute atomic E-state index is 0.279. The number of nitrogens with one attached hydrogen (secondary N) is 1. The van der Waals surface area contributed by atoms with Crippen LogP contribution >= 0.6 is 23.1 Å². The molecule has 1 aromatic heterocycles.